The molecule has 148 valence electrons. The molecule has 1 amide bonds. The van der Waals surface area contributed by atoms with Crippen molar-refractivity contribution < 1.29 is 14.3 Å². The maximum absolute atomic E-state index is 12.1. The number of fused-ring (bicyclic) bond motifs is 1. The number of pyridine rings is 1. The van der Waals surface area contributed by atoms with Gasteiger partial charge in [-0.1, -0.05) is 12.1 Å². The lowest BCUT2D eigenvalue weighted by atomic mass is 10.0. The van der Waals surface area contributed by atoms with Crippen LogP contribution in [0.3, 0.4) is 0 Å². The third kappa shape index (κ3) is 4.14. The van der Waals surface area contributed by atoms with Gasteiger partial charge in [-0.15, -0.1) is 0 Å². The molecule has 0 unspecified atom stereocenters. The van der Waals surface area contributed by atoms with Crippen molar-refractivity contribution in [3.63, 3.8) is 0 Å². The van der Waals surface area contributed by atoms with E-state index >= 15 is 0 Å². The number of ether oxygens (including phenoxy) is 2. The zero-order valence-electron chi connectivity index (χ0n) is 16.8. The zero-order chi connectivity index (χ0) is 20.1. The standard InChI is InChI=1S/C21H26N4O3/c1-14-13-15(2)23-21-19(14)20(16-7-5-6-8-17(16)28-4)24-25(21)11-9-18(26)22-10-12-27-3/h5-8,13H,9-12H2,1-4H3,(H,22,26). The van der Waals surface area contributed by atoms with Gasteiger partial charge in [0.05, 0.1) is 25.6 Å². The predicted molar refractivity (Wildman–Crippen MR) is 108 cm³/mol. The molecule has 7 heteroatoms. The van der Waals surface area contributed by atoms with Crippen molar-refractivity contribution in [2.45, 2.75) is 26.8 Å². The van der Waals surface area contributed by atoms with Crippen LogP contribution in [-0.2, 0) is 16.1 Å². The molecule has 0 aliphatic carbocycles. The summed E-state index contributed by atoms with van der Waals surface area (Å²) in [7, 11) is 3.26. The first-order chi connectivity index (χ1) is 13.5. The Morgan fingerprint density at radius 2 is 2.00 bits per heavy atom. The van der Waals surface area contributed by atoms with E-state index in [0.717, 1.165) is 39.3 Å². The molecule has 0 fully saturated rings. The summed E-state index contributed by atoms with van der Waals surface area (Å²) in [5.41, 5.74) is 4.52. The van der Waals surface area contributed by atoms with E-state index in [1.54, 1.807) is 14.2 Å². The van der Waals surface area contributed by atoms with Crippen LogP contribution in [0.2, 0.25) is 0 Å². The summed E-state index contributed by atoms with van der Waals surface area (Å²) in [4.78, 5) is 16.8. The number of carbonyl (C=O) groups excluding carboxylic acids is 1. The Kier molecular flexibility index (Phi) is 6.26. The molecule has 28 heavy (non-hydrogen) atoms. The van der Waals surface area contributed by atoms with Crippen LogP contribution in [0.25, 0.3) is 22.3 Å². The van der Waals surface area contributed by atoms with Crippen LogP contribution >= 0.6 is 0 Å². The summed E-state index contributed by atoms with van der Waals surface area (Å²) in [6.45, 7) is 5.45. The number of hydrogen-bond donors (Lipinski definition) is 1. The molecule has 0 aliphatic rings. The fourth-order valence-electron chi connectivity index (χ4n) is 3.29. The average Bonchev–Trinajstić information content (AvgIpc) is 3.05. The molecule has 0 bridgehead atoms. The summed E-state index contributed by atoms with van der Waals surface area (Å²) in [5.74, 6) is 0.718. The van der Waals surface area contributed by atoms with Gasteiger partial charge in [0.1, 0.15) is 11.4 Å². The van der Waals surface area contributed by atoms with E-state index in [-0.39, 0.29) is 5.91 Å². The largest absolute Gasteiger partial charge is 0.496 e. The quantitative estimate of drug-likeness (QED) is 0.606. The van der Waals surface area contributed by atoms with Gasteiger partial charge >= 0.3 is 0 Å². The molecule has 0 spiro atoms. The first kappa shape index (κ1) is 19.8. The molecule has 3 aromatic rings. The van der Waals surface area contributed by atoms with Gasteiger partial charge in [-0.3, -0.25) is 4.79 Å². The Bertz CT molecular complexity index is 981. The molecule has 0 saturated carbocycles. The number of para-hydroxylation sites is 1. The topological polar surface area (TPSA) is 78.3 Å². The van der Waals surface area contributed by atoms with E-state index in [1.807, 2.05) is 41.9 Å². The van der Waals surface area contributed by atoms with Crippen molar-refractivity contribution in [1.29, 1.82) is 0 Å². The van der Waals surface area contributed by atoms with E-state index in [0.29, 0.717) is 26.1 Å². The number of aryl methyl sites for hydroxylation is 3. The molecule has 3 rings (SSSR count). The highest BCUT2D eigenvalue weighted by Crippen LogP contribution is 2.35. The lowest BCUT2D eigenvalue weighted by Crippen LogP contribution is -2.27. The fraction of sp³-hybridized carbons (Fsp3) is 0.381. The van der Waals surface area contributed by atoms with Gasteiger partial charge < -0.3 is 14.8 Å². The molecular formula is C21H26N4O3. The number of nitrogens with zero attached hydrogens (tertiary/aromatic N) is 3. The van der Waals surface area contributed by atoms with Crippen molar-refractivity contribution in [3.8, 4) is 17.0 Å². The van der Waals surface area contributed by atoms with Crippen LogP contribution in [0, 0.1) is 13.8 Å². The minimum atomic E-state index is -0.0380. The van der Waals surface area contributed by atoms with E-state index < -0.39 is 0 Å². The van der Waals surface area contributed by atoms with Crippen molar-refractivity contribution in [3.05, 3.63) is 41.6 Å². The third-order valence-electron chi connectivity index (χ3n) is 4.57. The van der Waals surface area contributed by atoms with E-state index in [9.17, 15) is 4.79 Å². The van der Waals surface area contributed by atoms with Gasteiger partial charge in [0.25, 0.3) is 0 Å². The second-order valence-electron chi connectivity index (χ2n) is 6.64. The summed E-state index contributed by atoms with van der Waals surface area (Å²) < 4.78 is 12.3. The van der Waals surface area contributed by atoms with Gasteiger partial charge in [0, 0.05) is 31.3 Å². The summed E-state index contributed by atoms with van der Waals surface area (Å²) in [6, 6.07) is 9.84. The highest BCUT2D eigenvalue weighted by atomic mass is 16.5. The smallest absolute Gasteiger partial charge is 0.221 e. The summed E-state index contributed by atoms with van der Waals surface area (Å²) in [6.07, 6.45) is 0.320. The van der Waals surface area contributed by atoms with Crippen LogP contribution in [0.1, 0.15) is 17.7 Å². The van der Waals surface area contributed by atoms with E-state index in [1.165, 1.54) is 0 Å². The highest BCUT2D eigenvalue weighted by Gasteiger charge is 2.19. The van der Waals surface area contributed by atoms with Crippen molar-refractivity contribution in [1.82, 2.24) is 20.1 Å². The van der Waals surface area contributed by atoms with Gasteiger partial charge in [-0.25, -0.2) is 9.67 Å². The van der Waals surface area contributed by atoms with E-state index in [4.69, 9.17) is 19.6 Å². The van der Waals surface area contributed by atoms with Crippen LogP contribution in [0.4, 0.5) is 0 Å². The minimum Gasteiger partial charge on any atom is -0.496 e. The number of amides is 1. The molecule has 1 aromatic carbocycles. The first-order valence-electron chi connectivity index (χ1n) is 9.29. The summed E-state index contributed by atoms with van der Waals surface area (Å²) >= 11 is 0. The zero-order valence-corrected chi connectivity index (χ0v) is 16.8. The SMILES string of the molecule is COCCNC(=O)CCn1nc(-c2ccccc2OC)c2c(C)cc(C)nc21. The number of carbonyl (C=O) groups is 1. The Labute approximate surface area is 164 Å². The van der Waals surface area contributed by atoms with Crippen molar-refractivity contribution >= 4 is 16.9 Å². The first-order valence-corrected chi connectivity index (χ1v) is 9.29. The number of benzene rings is 1. The number of rotatable bonds is 8. The Morgan fingerprint density at radius 1 is 1.21 bits per heavy atom. The molecule has 7 nitrogen and oxygen atoms in total. The average molecular weight is 382 g/mol. The monoisotopic (exact) mass is 382 g/mol. The Balaban J connectivity index is 1.99. The summed E-state index contributed by atoms with van der Waals surface area (Å²) in [5, 5.41) is 8.63. The molecule has 0 saturated heterocycles. The number of nitrogens with one attached hydrogen (secondary N) is 1. The fourth-order valence-corrected chi connectivity index (χ4v) is 3.29. The van der Waals surface area contributed by atoms with Crippen molar-refractivity contribution in [2.75, 3.05) is 27.4 Å². The van der Waals surface area contributed by atoms with Gasteiger partial charge in [-0.2, -0.15) is 5.10 Å². The second kappa shape index (κ2) is 8.84. The molecular weight excluding hydrogens is 356 g/mol. The van der Waals surface area contributed by atoms with Crippen LogP contribution in [0.5, 0.6) is 5.75 Å². The Hall–Kier alpha value is -2.93. The number of aromatic nitrogens is 3. The van der Waals surface area contributed by atoms with Crippen molar-refractivity contribution in [2.24, 2.45) is 0 Å². The van der Waals surface area contributed by atoms with Crippen LogP contribution in [-0.4, -0.2) is 48.0 Å². The molecule has 2 aromatic heterocycles. The lowest BCUT2D eigenvalue weighted by Gasteiger charge is -2.06. The van der Waals surface area contributed by atoms with Gasteiger partial charge in [-0.05, 0) is 37.6 Å². The third-order valence-corrected chi connectivity index (χ3v) is 4.57. The number of hydrogen-bond acceptors (Lipinski definition) is 5. The molecule has 0 atom stereocenters. The molecule has 0 radical (unpaired) electrons. The lowest BCUT2D eigenvalue weighted by molar-refractivity contribution is -0.121. The minimum absolute atomic E-state index is 0.0380. The molecule has 0 aliphatic heterocycles. The normalized spacial score (nSPS) is 11.0. The Morgan fingerprint density at radius 3 is 2.75 bits per heavy atom. The maximum Gasteiger partial charge on any atom is 0.221 e. The predicted octanol–water partition coefficient (Wildman–Crippen LogP) is 2.88. The number of methoxy groups -OCH3 is 2. The van der Waals surface area contributed by atoms with E-state index in [2.05, 4.69) is 12.2 Å². The van der Waals surface area contributed by atoms with Crippen LogP contribution < -0.4 is 10.1 Å². The molecule has 2 heterocycles. The molecule has 1 N–H and O–H groups in total. The maximum atomic E-state index is 12.1. The highest BCUT2D eigenvalue weighted by molar-refractivity contribution is 5.95. The second-order valence-corrected chi connectivity index (χ2v) is 6.64. The van der Waals surface area contributed by atoms with Gasteiger partial charge in [0.15, 0.2) is 5.65 Å². The van der Waals surface area contributed by atoms with Crippen LogP contribution in [0.15, 0.2) is 30.3 Å². The van der Waals surface area contributed by atoms with Gasteiger partial charge in [0.2, 0.25) is 5.91 Å².